The van der Waals surface area contributed by atoms with E-state index in [0.717, 1.165) is 0 Å². The van der Waals surface area contributed by atoms with Gasteiger partial charge >= 0.3 is 6.09 Å². The zero-order valence-corrected chi connectivity index (χ0v) is 12.8. The van der Waals surface area contributed by atoms with Crippen molar-refractivity contribution >= 4 is 12.3 Å². The van der Waals surface area contributed by atoms with E-state index in [4.69, 9.17) is 14.2 Å². The van der Waals surface area contributed by atoms with Crippen molar-refractivity contribution in [1.82, 2.24) is 5.43 Å². The minimum Gasteiger partial charge on any atom is -0.502 e. The first kappa shape index (κ1) is 16.6. The molecular weight excluding hydrogens is 276 g/mol. The molecule has 0 spiro atoms. The van der Waals surface area contributed by atoms with Crippen LogP contribution in [0.15, 0.2) is 17.2 Å². The van der Waals surface area contributed by atoms with E-state index in [1.54, 1.807) is 32.9 Å². The van der Waals surface area contributed by atoms with Gasteiger partial charge in [0.1, 0.15) is 5.60 Å². The zero-order chi connectivity index (χ0) is 16.0. The second-order valence-corrected chi connectivity index (χ2v) is 5.15. The first-order valence-corrected chi connectivity index (χ1v) is 6.24. The zero-order valence-electron chi connectivity index (χ0n) is 12.8. The summed E-state index contributed by atoms with van der Waals surface area (Å²) in [5.74, 6) is 0.387. The molecule has 0 aliphatic heterocycles. The van der Waals surface area contributed by atoms with Crippen LogP contribution in [0.1, 0.15) is 26.3 Å². The van der Waals surface area contributed by atoms with Crippen LogP contribution in [0.5, 0.6) is 17.2 Å². The summed E-state index contributed by atoms with van der Waals surface area (Å²) in [6, 6.07) is 3.11. The highest BCUT2D eigenvalue weighted by Gasteiger charge is 2.15. The lowest BCUT2D eigenvalue weighted by Crippen LogP contribution is -2.29. The van der Waals surface area contributed by atoms with E-state index in [0.29, 0.717) is 5.56 Å². The van der Waals surface area contributed by atoms with E-state index >= 15 is 0 Å². The van der Waals surface area contributed by atoms with Gasteiger partial charge in [0.05, 0.1) is 20.4 Å². The second-order valence-electron chi connectivity index (χ2n) is 5.15. The van der Waals surface area contributed by atoms with Gasteiger partial charge < -0.3 is 19.3 Å². The number of carbonyl (C=O) groups is 1. The van der Waals surface area contributed by atoms with E-state index < -0.39 is 11.7 Å². The van der Waals surface area contributed by atoms with Crippen molar-refractivity contribution < 1.29 is 24.1 Å². The Morgan fingerprint density at radius 3 is 2.19 bits per heavy atom. The van der Waals surface area contributed by atoms with Crippen LogP contribution in [0.25, 0.3) is 0 Å². The fraction of sp³-hybridized carbons (Fsp3) is 0.429. The lowest BCUT2D eigenvalue weighted by Gasteiger charge is -2.18. The van der Waals surface area contributed by atoms with Crippen LogP contribution in [0, 0.1) is 0 Å². The number of phenolic OH excluding ortho intramolecular Hbond substituents is 1. The number of methoxy groups -OCH3 is 2. The molecule has 1 rings (SSSR count). The summed E-state index contributed by atoms with van der Waals surface area (Å²) >= 11 is 0. The predicted molar refractivity (Wildman–Crippen MR) is 78.2 cm³/mol. The first-order valence-electron chi connectivity index (χ1n) is 6.24. The van der Waals surface area contributed by atoms with Gasteiger partial charge in [0.25, 0.3) is 0 Å². The Balaban J connectivity index is 2.79. The Kier molecular flexibility index (Phi) is 5.40. The lowest BCUT2D eigenvalue weighted by atomic mass is 10.2. The fourth-order valence-corrected chi connectivity index (χ4v) is 1.45. The molecule has 0 aromatic heterocycles. The van der Waals surface area contributed by atoms with E-state index in [9.17, 15) is 9.90 Å². The molecule has 0 heterocycles. The van der Waals surface area contributed by atoms with Crippen LogP contribution < -0.4 is 14.9 Å². The maximum absolute atomic E-state index is 11.4. The number of nitrogens with one attached hydrogen (secondary N) is 1. The Labute approximate surface area is 123 Å². The average molecular weight is 296 g/mol. The van der Waals surface area contributed by atoms with Crippen molar-refractivity contribution in [2.75, 3.05) is 14.2 Å². The van der Waals surface area contributed by atoms with Crippen LogP contribution in [-0.4, -0.2) is 37.2 Å². The molecule has 1 aromatic carbocycles. The van der Waals surface area contributed by atoms with Crippen molar-refractivity contribution in [3.63, 3.8) is 0 Å². The van der Waals surface area contributed by atoms with Gasteiger partial charge in [0, 0.05) is 5.56 Å². The number of nitrogens with zero attached hydrogens (tertiary/aromatic N) is 1. The lowest BCUT2D eigenvalue weighted by molar-refractivity contribution is 0.0529. The highest BCUT2D eigenvalue weighted by molar-refractivity contribution is 5.83. The van der Waals surface area contributed by atoms with Crippen molar-refractivity contribution in [2.24, 2.45) is 5.10 Å². The number of aromatic hydroxyl groups is 1. The molecule has 0 bridgehead atoms. The summed E-state index contributed by atoms with van der Waals surface area (Å²) in [5.41, 5.74) is 2.23. The van der Waals surface area contributed by atoms with E-state index in [-0.39, 0.29) is 17.2 Å². The van der Waals surface area contributed by atoms with E-state index in [2.05, 4.69) is 10.5 Å². The van der Waals surface area contributed by atoms with Gasteiger partial charge in [-0.1, -0.05) is 0 Å². The fourth-order valence-electron chi connectivity index (χ4n) is 1.45. The molecule has 0 aliphatic rings. The van der Waals surface area contributed by atoms with Gasteiger partial charge in [-0.25, -0.2) is 10.2 Å². The standard InChI is InChI=1S/C14H20N2O5/c1-14(2,3)21-13(18)16-15-8-9-6-10(19-4)12(17)11(7-9)20-5/h6-8,17H,1-5H3,(H,16,18)/b15-8+. The molecule has 0 saturated heterocycles. The SMILES string of the molecule is COc1cc(/C=N/NC(=O)OC(C)(C)C)cc(OC)c1O. The number of carbonyl (C=O) groups excluding carboxylic acids is 1. The molecule has 1 aromatic rings. The number of amides is 1. The molecule has 21 heavy (non-hydrogen) atoms. The van der Waals surface area contributed by atoms with Crippen LogP contribution in [0.3, 0.4) is 0 Å². The Morgan fingerprint density at radius 2 is 1.76 bits per heavy atom. The molecule has 7 heteroatoms. The van der Waals surface area contributed by atoms with Crippen LogP contribution in [0.4, 0.5) is 4.79 Å². The average Bonchev–Trinajstić information content (AvgIpc) is 2.38. The van der Waals surface area contributed by atoms with Gasteiger partial charge in [0.2, 0.25) is 5.75 Å². The number of hydrazone groups is 1. The van der Waals surface area contributed by atoms with Gasteiger partial charge in [-0.05, 0) is 32.9 Å². The van der Waals surface area contributed by atoms with Gasteiger partial charge in [-0.3, -0.25) is 0 Å². The van der Waals surface area contributed by atoms with Crippen LogP contribution in [0.2, 0.25) is 0 Å². The molecular formula is C14H20N2O5. The predicted octanol–water partition coefficient (Wildman–Crippen LogP) is 2.27. The molecule has 0 saturated carbocycles. The van der Waals surface area contributed by atoms with Crippen LogP contribution >= 0.6 is 0 Å². The molecule has 0 radical (unpaired) electrons. The molecule has 1 amide bonds. The number of rotatable bonds is 4. The minimum atomic E-state index is -0.656. The number of benzene rings is 1. The summed E-state index contributed by atoms with van der Waals surface area (Å²) in [4.78, 5) is 11.4. The number of ether oxygens (including phenoxy) is 3. The number of phenols is 1. The Morgan fingerprint density at radius 1 is 1.24 bits per heavy atom. The van der Waals surface area contributed by atoms with Crippen LogP contribution in [-0.2, 0) is 4.74 Å². The molecule has 2 N–H and O–H groups in total. The largest absolute Gasteiger partial charge is 0.502 e. The van der Waals surface area contributed by atoms with E-state index in [1.807, 2.05) is 0 Å². The summed E-state index contributed by atoms with van der Waals surface area (Å²) in [6.45, 7) is 5.27. The molecule has 0 aliphatic carbocycles. The smallest absolute Gasteiger partial charge is 0.428 e. The summed E-state index contributed by atoms with van der Waals surface area (Å²) < 4.78 is 15.1. The molecule has 0 unspecified atom stereocenters. The van der Waals surface area contributed by atoms with Gasteiger partial charge in [-0.2, -0.15) is 5.10 Å². The molecule has 7 nitrogen and oxygen atoms in total. The van der Waals surface area contributed by atoms with Gasteiger partial charge in [-0.15, -0.1) is 0 Å². The third-order valence-corrected chi connectivity index (χ3v) is 2.27. The highest BCUT2D eigenvalue weighted by atomic mass is 16.6. The van der Waals surface area contributed by atoms with Crippen molar-refractivity contribution in [3.8, 4) is 17.2 Å². The normalized spacial score (nSPS) is 11.3. The molecule has 0 atom stereocenters. The van der Waals surface area contributed by atoms with Crippen molar-refractivity contribution in [2.45, 2.75) is 26.4 Å². The minimum absolute atomic E-state index is 0.0998. The maximum atomic E-state index is 11.4. The molecule has 116 valence electrons. The monoisotopic (exact) mass is 296 g/mol. The maximum Gasteiger partial charge on any atom is 0.428 e. The summed E-state index contributed by atoms with van der Waals surface area (Å²) in [6.07, 6.45) is 0.727. The third kappa shape index (κ3) is 5.21. The first-order chi connectivity index (χ1) is 9.76. The molecule has 0 fully saturated rings. The van der Waals surface area contributed by atoms with Gasteiger partial charge in [0.15, 0.2) is 11.5 Å². The highest BCUT2D eigenvalue weighted by Crippen LogP contribution is 2.36. The topological polar surface area (TPSA) is 89.4 Å². The number of hydrogen-bond donors (Lipinski definition) is 2. The third-order valence-electron chi connectivity index (χ3n) is 2.27. The Hall–Kier alpha value is -2.44. The second kappa shape index (κ2) is 6.83. The van der Waals surface area contributed by atoms with E-state index in [1.165, 1.54) is 20.4 Å². The summed E-state index contributed by atoms with van der Waals surface area (Å²) in [7, 11) is 2.85. The van der Waals surface area contributed by atoms with Crippen molar-refractivity contribution in [1.29, 1.82) is 0 Å². The quantitative estimate of drug-likeness (QED) is 0.657. The number of hydrogen-bond acceptors (Lipinski definition) is 6. The summed E-state index contributed by atoms with van der Waals surface area (Å²) in [5, 5.41) is 13.5. The Bertz CT molecular complexity index is 510. The van der Waals surface area contributed by atoms with Crippen molar-refractivity contribution in [3.05, 3.63) is 17.7 Å².